The van der Waals surface area contributed by atoms with Crippen molar-refractivity contribution >= 4 is 12.0 Å². The average Bonchev–Trinajstić information content (AvgIpc) is 3.51. The summed E-state index contributed by atoms with van der Waals surface area (Å²) in [5, 5.41) is 14.1. The number of amides is 2. The van der Waals surface area contributed by atoms with Crippen LogP contribution in [0.4, 0.5) is 4.79 Å². The summed E-state index contributed by atoms with van der Waals surface area (Å²) in [7, 11) is 0. The van der Waals surface area contributed by atoms with Gasteiger partial charge in [0.25, 0.3) is 0 Å². The second-order valence-corrected chi connectivity index (χ2v) is 12.9. The summed E-state index contributed by atoms with van der Waals surface area (Å²) in [6, 6.07) is 9.53. The molecule has 0 unspecified atom stereocenters. The van der Waals surface area contributed by atoms with Crippen LogP contribution >= 0.6 is 0 Å². The first-order chi connectivity index (χ1) is 18.2. The highest BCUT2D eigenvalue weighted by Gasteiger charge is 2.44. The van der Waals surface area contributed by atoms with Crippen LogP contribution in [0, 0.1) is 17.3 Å². The average molecular weight is 523 g/mol. The van der Waals surface area contributed by atoms with Crippen LogP contribution in [0.25, 0.3) is 0 Å². The molecule has 1 N–H and O–H groups in total. The summed E-state index contributed by atoms with van der Waals surface area (Å²) in [5.41, 5.74) is 3.47. The van der Waals surface area contributed by atoms with Crippen LogP contribution in [-0.2, 0) is 22.4 Å². The fourth-order valence-electron chi connectivity index (χ4n) is 6.43. The maximum Gasteiger partial charge on any atom is 0.416 e. The minimum absolute atomic E-state index is 0.00153. The lowest BCUT2D eigenvalue weighted by Crippen LogP contribution is -2.44. The first-order valence-corrected chi connectivity index (χ1v) is 14.4. The SMILES string of the molecule is CC(C)(C)CC1CC(c2onc(C[C@H](CCCO)C(=O)N3C(=O)OC[C@@H]3Cc3ccccc3)c2C2CC2)C1. The van der Waals surface area contributed by atoms with E-state index in [0.29, 0.717) is 42.9 Å². The topological polar surface area (TPSA) is 92.9 Å². The Kier molecular flexibility index (Phi) is 7.94. The number of rotatable bonds is 11. The van der Waals surface area contributed by atoms with Crippen molar-refractivity contribution in [1.29, 1.82) is 0 Å². The molecule has 2 heterocycles. The molecule has 7 nitrogen and oxygen atoms in total. The van der Waals surface area contributed by atoms with E-state index in [0.717, 1.165) is 48.6 Å². The summed E-state index contributed by atoms with van der Waals surface area (Å²) in [6.07, 6.45) is 7.14. The molecule has 1 aromatic heterocycles. The highest BCUT2D eigenvalue weighted by molar-refractivity contribution is 5.95. The van der Waals surface area contributed by atoms with Gasteiger partial charge < -0.3 is 14.4 Å². The summed E-state index contributed by atoms with van der Waals surface area (Å²) >= 11 is 0. The largest absolute Gasteiger partial charge is 0.447 e. The summed E-state index contributed by atoms with van der Waals surface area (Å²) in [6.45, 7) is 7.09. The molecule has 2 aromatic rings. The molecule has 1 saturated heterocycles. The van der Waals surface area contributed by atoms with Gasteiger partial charge in [-0.15, -0.1) is 0 Å². The Balaban J connectivity index is 1.32. The Labute approximate surface area is 225 Å². The molecule has 2 atom stereocenters. The molecule has 0 bridgehead atoms. The predicted molar refractivity (Wildman–Crippen MR) is 144 cm³/mol. The number of imide groups is 1. The highest BCUT2D eigenvalue weighted by Crippen LogP contribution is 2.52. The fraction of sp³-hybridized carbons (Fsp3) is 0.645. The number of aliphatic hydroxyl groups excluding tert-OH is 1. The zero-order valence-corrected chi connectivity index (χ0v) is 23.0. The zero-order chi connectivity index (χ0) is 26.9. The van der Waals surface area contributed by atoms with Gasteiger partial charge in [-0.3, -0.25) is 4.79 Å². The molecule has 0 spiro atoms. The Morgan fingerprint density at radius 3 is 2.55 bits per heavy atom. The van der Waals surface area contributed by atoms with E-state index >= 15 is 0 Å². The number of benzene rings is 1. The summed E-state index contributed by atoms with van der Waals surface area (Å²) in [5.74, 6) is 1.93. The predicted octanol–water partition coefficient (Wildman–Crippen LogP) is 6.00. The van der Waals surface area contributed by atoms with Gasteiger partial charge in [0.05, 0.1) is 11.7 Å². The van der Waals surface area contributed by atoms with Crippen LogP contribution in [0.5, 0.6) is 0 Å². The molecule has 38 heavy (non-hydrogen) atoms. The smallest absolute Gasteiger partial charge is 0.416 e. The number of aliphatic hydroxyl groups is 1. The highest BCUT2D eigenvalue weighted by atomic mass is 16.6. The molecular weight excluding hydrogens is 480 g/mol. The van der Waals surface area contributed by atoms with E-state index < -0.39 is 12.0 Å². The first kappa shape index (κ1) is 26.9. The van der Waals surface area contributed by atoms with Crippen molar-refractivity contribution in [2.75, 3.05) is 13.2 Å². The van der Waals surface area contributed by atoms with Crippen molar-refractivity contribution in [3.8, 4) is 0 Å². The second-order valence-electron chi connectivity index (χ2n) is 12.9. The van der Waals surface area contributed by atoms with Gasteiger partial charge in [0.2, 0.25) is 5.91 Å². The van der Waals surface area contributed by atoms with Crippen molar-refractivity contribution in [2.45, 2.75) is 96.4 Å². The van der Waals surface area contributed by atoms with Crippen LogP contribution in [0.3, 0.4) is 0 Å². The van der Waals surface area contributed by atoms with Crippen LogP contribution in [0.15, 0.2) is 34.9 Å². The number of cyclic esters (lactones) is 1. The van der Waals surface area contributed by atoms with Gasteiger partial charge in [0.1, 0.15) is 12.4 Å². The Morgan fingerprint density at radius 1 is 1.16 bits per heavy atom. The number of carbonyl (C=O) groups is 2. The third-order valence-electron chi connectivity index (χ3n) is 8.34. The maximum absolute atomic E-state index is 13.8. The van der Waals surface area contributed by atoms with Crippen molar-refractivity contribution < 1.29 is 24.0 Å². The van der Waals surface area contributed by atoms with E-state index in [9.17, 15) is 14.7 Å². The standard InChI is InChI=1S/C31H42N2O5/c1-31(2,3)18-21-14-24(15-21)28-27(22-11-12-22)26(32-38-28)17-23(10-7-13-34)29(35)33-25(19-37-30(33)36)16-20-8-5-4-6-9-20/h4-6,8-9,21-25,34H,7,10-19H2,1-3H3/t21?,23-,24?,25-/m0/s1. The van der Waals surface area contributed by atoms with Gasteiger partial charge in [0.15, 0.2) is 0 Å². The van der Waals surface area contributed by atoms with Crippen molar-refractivity contribution in [2.24, 2.45) is 17.3 Å². The van der Waals surface area contributed by atoms with Gasteiger partial charge in [-0.05, 0) is 74.2 Å². The maximum atomic E-state index is 13.8. The lowest BCUT2D eigenvalue weighted by molar-refractivity contribution is -0.133. The van der Waals surface area contributed by atoms with E-state index in [4.69, 9.17) is 9.26 Å². The van der Waals surface area contributed by atoms with Crippen molar-refractivity contribution in [1.82, 2.24) is 10.1 Å². The fourth-order valence-corrected chi connectivity index (χ4v) is 6.43. The third-order valence-corrected chi connectivity index (χ3v) is 8.34. The Morgan fingerprint density at radius 2 is 1.89 bits per heavy atom. The summed E-state index contributed by atoms with van der Waals surface area (Å²) in [4.78, 5) is 27.8. The number of carbonyl (C=O) groups excluding carboxylic acids is 2. The normalized spacial score (nSPS) is 24.3. The monoisotopic (exact) mass is 522 g/mol. The number of hydrogen-bond acceptors (Lipinski definition) is 6. The molecule has 2 amide bonds. The van der Waals surface area contributed by atoms with Crippen LogP contribution < -0.4 is 0 Å². The molecule has 3 fully saturated rings. The van der Waals surface area contributed by atoms with Gasteiger partial charge >= 0.3 is 6.09 Å². The lowest BCUT2D eigenvalue weighted by atomic mass is 9.67. The van der Waals surface area contributed by atoms with Gasteiger partial charge in [-0.2, -0.15) is 0 Å². The Bertz CT molecular complexity index is 1110. The number of nitrogens with zero attached hydrogens (tertiary/aromatic N) is 2. The van der Waals surface area contributed by atoms with Gasteiger partial charge in [-0.1, -0.05) is 56.3 Å². The minimum Gasteiger partial charge on any atom is -0.447 e. The van der Waals surface area contributed by atoms with Gasteiger partial charge in [0, 0.05) is 30.4 Å². The van der Waals surface area contributed by atoms with Crippen LogP contribution in [0.1, 0.15) is 100 Å². The molecule has 5 rings (SSSR count). The zero-order valence-electron chi connectivity index (χ0n) is 23.0. The van der Waals surface area contributed by atoms with E-state index in [-0.39, 0.29) is 25.2 Å². The number of aromatic nitrogens is 1. The number of ether oxygens (including phenoxy) is 1. The molecule has 206 valence electrons. The molecule has 0 radical (unpaired) electrons. The first-order valence-electron chi connectivity index (χ1n) is 14.4. The molecule has 1 aliphatic heterocycles. The van der Waals surface area contributed by atoms with Gasteiger partial charge in [-0.25, -0.2) is 9.69 Å². The van der Waals surface area contributed by atoms with Crippen molar-refractivity contribution in [3.05, 3.63) is 52.9 Å². The van der Waals surface area contributed by atoms with Crippen LogP contribution in [0.2, 0.25) is 0 Å². The third kappa shape index (κ3) is 6.14. The second kappa shape index (κ2) is 11.2. The van der Waals surface area contributed by atoms with E-state index in [1.54, 1.807) is 0 Å². The van der Waals surface area contributed by atoms with E-state index in [1.165, 1.54) is 16.9 Å². The van der Waals surface area contributed by atoms with E-state index in [2.05, 4.69) is 25.9 Å². The lowest BCUT2D eigenvalue weighted by Gasteiger charge is -2.38. The quantitative estimate of drug-likeness (QED) is 0.389. The van der Waals surface area contributed by atoms with Crippen molar-refractivity contribution in [3.63, 3.8) is 0 Å². The summed E-state index contributed by atoms with van der Waals surface area (Å²) < 4.78 is 11.3. The minimum atomic E-state index is -0.576. The van der Waals surface area contributed by atoms with E-state index in [1.807, 2.05) is 30.3 Å². The molecule has 7 heteroatoms. The molecule has 2 aliphatic carbocycles. The molecule has 3 aliphatic rings. The molecule has 2 saturated carbocycles. The molecular formula is C31H42N2O5. The van der Waals surface area contributed by atoms with Crippen LogP contribution in [-0.4, -0.2) is 46.4 Å². The molecule has 1 aromatic carbocycles. The number of hydrogen-bond donors (Lipinski definition) is 1. The Hall–Kier alpha value is -2.67.